The molecule has 1 heterocycles. The monoisotopic (exact) mass is 519 g/mol. The van der Waals surface area contributed by atoms with Gasteiger partial charge in [0.05, 0.1) is 6.04 Å². The van der Waals surface area contributed by atoms with Crippen LogP contribution in [0, 0.1) is 11.8 Å². The predicted octanol–water partition coefficient (Wildman–Crippen LogP) is 1.21. The summed E-state index contributed by atoms with van der Waals surface area (Å²) in [4.78, 5) is 53.8. The van der Waals surface area contributed by atoms with Crippen LogP contribution in [0.4, 0.5) is 0 Å². The molecule has 1 aromatic carbocycles. The van der Waals surface area contributed by atoms with Gasteiger partial charge in [-0.15, -0.1) is 0 Å². The number of carboxylic acids is 1. The van der Waals surface area contributed by atoms with Gasteiger partial charge in [0.1, 0.15) is 18.1 Å². The third-order valence-electron chi connectivity index (χ3n) is 6.34. The summed E-state index contributed by atoms with van der Waals surface area (Å²) in [5, 5.41) is 18.1. The number of nitrogens with two attached hydrogens (primary N) is 1. The van der Waals surface area contributed by atoms with Gasteiger partial charge in [-0.3, -0.25) is 14.4 Å². The number of carbonyl (C=O) groups excluding carboxylic acids is 3. The highest BCUT2D eigenvalue weighted by molar-refractivity contribution is 7.80. The summed E-state index contributed by atoms with van der Waals surface area (Å²) < 4.78 is 0. The summed E-state index contributed by atoms with van der Waals surface area (Å²) in [5.74, 6) is -3.39. The highest BCUT2D eigenvalue weighted by Gasteiger charge is 2.33. The Bertz CT molecular complexity index is 1070. The predicted molar refractivity (Wildman–Crippen MR) is 142 cm³/mol. The Morgan fingerprint density at radius 1 is 1.00 bits per heavy atom. The first-order valence-electron chi connectivity index (χ1n) is 12.0. The average molecular weight is 520 g/mol. The van der Waals surface area contributed by atoms with E-state index in [0.717, 1.165) is 16.5 Å². The number of carboxylic acid groups (broad SMARTS) is 1. The number of rotatable bonds is 13. The smallest absolute Gasteiger partial charge is 0.327 e. The third-order valence-corrected chi connectivity index (χ3v) is 6.71. The van der Waals surface area contributed by atoms with Crippen LogP contribution in [0.3, 0.4) is 0 Å². The van der Waals surface area contributed by atoms with Gasteiger partial charge in [-0.05, 0) is 23.5 Å². The molecule has 3 amide bonds. The highest BCUT2D eigenvalue weighted by Crippen LogP contribution is 2.20. The summed E-state index contributed by atoms with van der Waals surface area (Å²) in [6.07, 6.45) is 2.45. The molecule has 0 radical (unpaired) electrons. The van der Waals surface area contributed by atoms with E-state index in [1.54, 1.807) is 6.20 Å². The van der Waals surface area contributed by atoms with E-state index in [1.165, 1.54) is 0 Å². The van der Waals surface area contributed by atoms with E-state index in [2.05, 4.69) is 33.6 Å². The molecule has 10 nitrogen and oxygen atoms in total. The minimum absolute atomic E-state index is 0.104. The number of fused-ring (bicyclic) bond motifs is 1. The lowest BCUT2D eigenvalue weighted by Gasteiger charge is -2.28. The van der Waals surface area contributed by atoms with E-state index >= 15 is 0 Å². The fourth-order valence-electron chi connectivity index (χ4n) is 3.70. The summed E-state index contributed by atoms with van der Waals surface area (Å²) in [6.45, 7) is 7.33. The van der Waals surface area contributed by atoms with Gasteiger partial charge >= 0.3 is 5.97 Å². The van der Waals surface area contributed by atoms with E-state index in [4.69, 9.17) is 5.73 Å². The second-order valence-electron chi connectivity index (χ2n) is 9.35. The molecular formula is C25H37N5O5S. The molecule has 2 rings (SSSR count). The number of amides is 3. The van der Waals surface area contributed by atoms with Crippen molar-refractivity contribution in [2.45, 2.75) is 64.7 Å². The molecule has 11 heteroatoms. The standard InChI is InChI=1S/C25H37N5O5S/c1-5-14(4)21(30-23(32)20(26)13(2)3)24(33)28-18(22(31)29-19(12-36)25(34)35)10-15-11-27-17-9-7-6-8-16(15)17/h6-9,11,13-14,18-21,27,36H,5,10,12,26H2,1-4H3,(H,28,33)(H,29,31)(H,30,32)(H,34,35). The number of carbonyl (C=O) groups is 4. The van der Waals surface area contributed by atoms with Crippen LogP contribution in [0.15, 0.2) is 30.5 Å². The number of aromatic amines is 1. The van der Waals surface area contributed by atoms with Gasteiger partial charge in [-0.1, -0.05) is 52.3 Å². The number of nitrogens with one attached hydrogen (secondary N) is 4. The maximum absolute atomic E-state index is 13.4. The van der Waals surface area contributed by atoms with Crippen molar-refractivity contribution in [1.82, 2.24) is 20.9 Å². The molecule has 2 aromatic rings. The summed E-state index contributed by atoms with van der Waals surface area (Å²) in [6, 6.07) is 3.48. The number of thiol groups is 1. The van der Waals surface area contributed by atoms with Crippen LogP contribution in [0.5, 0.6) is 0 Å². The molecule has 0 saturated carbocycles. The van der Waals surface area contributed by atoms with Gasteiger partial charge in [0.2, 0.25) is 17.7 Å². The number of aliphatic carboxylic acids is 1. The lowest BCUT2D eigenvalue weighted by molar-refractivity contribution is -0.141. The molecule has 7 N–H and O–H groups in total. The molecule has 0 spiro atoms. The zero-order chi connectivity index (χ0) is 27.0. The minimum atomic E-state index is -1.23. The first kappa shape index (κ1) is 29.2. The van der Waals surface area contributed by atoms with Crippen LogP contribution in [-0.2, 0) is 25.6 Å². The van der Waals surface area contributed by atoms with Crippen LogP contribution >= 0.6 is 12.6 Å². The lowest BCUT2D eigenvalue weighted by atomic mass is 9.96. The summed E-state index contributed by atoms with van der Waals surface area (Å²) in [7, 11) is 0. The Hall–Kier alpha value is -3.05. The molecule has 36 heavy (non-hydrogen) atoms. The van der Waals surface area contributed by atoms with Gasteiger partial charge in [0.15, 0.2) is 0 Å². The lowest BCUT2D eigenvalue weighted by Crippen LogP contribution is -2.59. The Kier molecular flexibility index (Phi) is 10.8. The van der Waals surface area contributed by atoms with Gasteiger partial charge < -0.3 is 31.8 Å². The number of benzene rings is 1. The van der Waals surface area contributed by atoms with E-state index in [1.807, 2.05) is 52.0 Å². The van der Waals surface area contributed by atoms with Crippen LogP contribution in [0.25, 0.3) is 10.9 Å². The number of hydrogen-bond donors (Lipinski definition) is 7. The zero-order valence-corrected chi connectivity index (χ0v) is 22.0. The molecule has 198 valence electrons. The van der Waals surface area contributed by atoms with Crippen LogP contribution in [-0.4, -0.2) is 63.7 Å². The fraction of sp³-hybridized carbons (Fsp3) is 0.520. The van der Waals surface area contributed by atoms with Crippen LogP contribution in [0.2, 0.25) is 0 Å². The summed E-state index contributed by atoms with van der Waals surface area (Å²) >= 11 is 4.00. The maximum Gasteiger partial charge on any atom is 0.327 e. The molecule has 5 unspecified atom stereocenters. The Balaban J connectivity index is 2.33. The number of hydrogen-bond acceptors (Lipinski definition) is 6. The van der Waals surface area contributed by atoms with Crippen molar-refractivity contribution in [3.05, 3.63) is 36.0 Å². The van der Waals surface area contributed by atoms with Gasteiger partial charge in [-0.25, -0.2) is 4.79 Å². The van der Waals surface area contributed by atoms with Crippen molar-refractivity contribution >= 4 is 47.2 Å². The second kappa shape index (κ2) is 13.3. The largest absolute Gasteiger partial charge is 0.480 e. The molecule has 1 aromatic heterocycles. The van der Waals surface area contributed by atoms with Gasteiger partial charge in [0, 0.05) is 29.3 Å². The fourth-order valence-corrected chi connectivity index (χ4v) is 3.95. The molecule has 0 aliphatic heterocycles. The van der Waals surface area contributed by atoms with E-state index in [0.29, 0.717) is 6.42 Å². The number of aromatic nitrogens is 1. The van der Waals surface area contributed by atoms with Crippen LogP contribution < -0.4 is 21.7 Å². The molecule has 0 bridgehead atoms. The molecule has 0 fully saturated rings. The SMILES string of the molecule is CCC(C)C(NC(=O)C(N)C(C)C)C(=O)NC(Cc1c[nH]c2ccccc12)C(=O)NC(CS)C(=O)O. The highest BCUT2D eigenvalue weighted by atomic mass is 32.1. The van der Waals surface area contributed by atoms with Gasteiger partial charge in [0.25, 0.3) is 0 Å². The topological polar surface area (TPSA) is 166 Å². The van der Waals surface area contributed by atoms with Crippen LogP contribution in [0.1, 0.15) is 39.7 Å². The third kappa shape index (κ3) is 7.47. The van der Waals surface area contributed by atoms with E-state index in [-0.39, 0.29) is 24.0 Å². The first-order chi connectivity index (χ1) is 17.0. The Morgan fingerprint density at radius 2 is 1.64 bits per heavy atom. The molecule has 0 aliphatic carbocycles. The molecule has 0 saturated heterocycles. The van der Waals surface area contributed by atoms with Crippen molar-refractivity contribution < 1.29 is 24.3 Å². The van der Waals surface area contributed by atoms with Crippen molar-refractivity contribution in [3.63, 3.8) is 0 Å². The Labute approximate surface area is 216 Å². The molecule has 0 aliphatic rings. The van der Waals surface area contributed by atoms with E-state index in [9.17, 15) is 24.3 Å². The normalized spacial score (nSPS) is 15.5. The molecular weight excluding hydrogens is 482 g/mol. The Morgan fingerprint density at radius 3 is 2.22 bits per heavy atom. The first-order valence-corrected chi connectivity index (χ1v) is 12.7. The average Bonchev–Trinajstić information content (AvgIpc) is 3.26. The maximum atomic E-state index is 13.4. The van der Waals surface area contributed by atoms with Crippen molar-refractivity contribution in [3.8, 4) is 0 Å². The number of para-hydroxylation sites is 1. The van der Waals surface area contributed by atoms with Crippen molar-refractivity contribution in [2.75, 3.05) is 5.75 Å². The van der Waals surface area contributed by atoms with Gasteiger partial charge in [-0.2, -0.15) is 12.6 Å². The van der Waals surface area contributed by atoms with Crippen molar-refractivity contribution in [1.29, 1.82) is 0 Å². The second-order valence-corrected chi connectivity index (χ2v) is 9.71. The number of H-pyrrole nitrogens is 1. The quantitative estimate of drug-likeness (QED) is 0.196. The van der Waals surface area contributed by atoms with Crippen molar-refractivity contribution in [2.24, 2.45) is 17.6 Å². The minimum Gasteiger partial charge on any atom is -0.480 e. The molecule has 5 atom stereocenters. The summed E-state index contributed by atoms with van der Waals surface area (Å²) in [5.41, 5.74) is 7.60. The van der Waals surface area contributed by atoms with E-state index < -0.39 is 47.9 Å². The zero-order valence-electron chi connectivity index (χ0n) is 21.1.